The summed E-state index contributed by atoms with van der Waals surface area (Å²) in [5.41, 5.74) is 2.46. The van der Waals surface area contributed by atoms with Gasteiger partial charge in [0.25, 0.3) is 5.91 Å². The maximum absolute atomic E-state index is 14.1. The maximum Gasteiger partial charge on any atom is 0.322 e. The molecule has 1 aliphatic rings. The molecular formula is C26H21F4N3O2. The summed E-state index contributed by atoms with van der Waals surface area (Å²) in [5.74, 6) is -5.30. The molecule has 35 heavy (non-hydrogen) atoms. The molecule has 1 aromatic heterocycles. The quantitative estimate of drug-likeness (QED) is 0.344. The Labute approximate surface area is 198 Å². The number of hydrogen-bond acceptors (Lipinski definition) is 3. The number of benzene rings is 3. The van der Waals surface area contributed by atoms with Gasteiger partial charge in [-0.2, -0.15) is 13.9 Å². The molecule has 9 heteroatoms. The van der Waals surface area contributed by atoms with E-state index in [9.17, 15) is 22.4 Å². The summed E-state index contributed by atoms with van der Waals surface area (Å²) in [6.45, 7) is 2.10. The summed E-state index contributed by atoms with van der Waals surface area (Å²) in [4.78, 5) is 13.5. The van der Waals surface area contributed by atoms with Crippen LogP contribution < -0.4 is 4.74 Å². The number of halogens is 4. The van der Waals surface area contributed by atoms with Crippen molar-refractivity contribution in [2.24, 2.45) is 0 Å². The summed E-state index contributed by atoms with van der Waals surface area (Å²) in [6.07, 6.45) is 0.752. The van der Waals surface area contributed by atoms with Crippen molar-refractivity contribution in [3.05, 3.63) is 89.6 Å². The predicted molar refractivity (Wildman–Crippen MR) is 121 cm³/mol. The number of nitrogens with zero attached hydrogens (tertiary/aromatic N) is 3. The van der Waals surface area contributed by atoms with Gasteiger partial charge in [-0.3, -0.25) is 4.79 Å². The molecule has 0 unspecified atom stereocenters. The molecule has 0 saturated heterocycles. The van der Waals surface area contributed by atoms with Crippen LogP contribution in [0, 0.1) is 11.6 Å². The number of hydrogen-bond donors (Lipinski definition) is 0. The van der Waals surface area contributed by atoms with E-state index in [1.165, 1.54) is 30.3 Å². The lowest BCUT2D eigenvalue weighted by molar-refractivity contribution is -0.161. The Bertz CT molecular complexity index is 1410. The third-order valence-corrected chi connectivity index (χ3v) is 6.20. The van der Waals surface area contributed by atoms with Gasteiger partial charge < -0.3 is 9.64 Å². The first kappa shape index (κ1) is 22.9. The summed E-state index contributed by atoms with van der Waals surface area (Å²) >= 11 is 0. The Balaban J connectivity index is 1.50. The first-order valence-electron chi connectivity index (χ1n) is 11.0. The van der Waals surface area contributed by atoms with Crippen LogP contribution in [0.1, 0.15) is 31.1 Å². The molecule has 0 spiro atoms. The fourth-order valence-corrected chi connectivity index (χ4v) is 4.42. The van der Waals surface area contributed by atoms with Gasteiger partial charge in [-0.15, -0.1) is 0 Å². The van der Waals surface area contributed by atoms with Crippen molar-refractivity contribution in [2.45, 2.75) is 38.5 Å². The molecule has 1 aliphatic heterocycles. The molecule has 0 radical (unpaired) electrons. The Morgan fingerprint density at radius 2 is 1.74 bits per heavy atom. The first-order valence-corrected chi connectivity index (χ1v) is 11.0. The normalized spacial score (nSPS) is 17.9. The first-order chi connectivity index (χ1) is 16.6. The third-order valence-electron chi connectivity index (χ3n) is 6.20. The monoisotopic (exact) mass is 483 g/mol. The van der Waals surface area contributed by atoms with Crippen LogP contribution in [0.15, 0.2) is 66.9 Å². The van der Waals surface area contributed by atoms with Crippen molar-refractivity contribution in [1.29, 1.82) is 0 Å². The van der Waals surface area contributed by atoms with E-state index < -0.39 is 29.8 Å². The van der Waals surface area contributed by atoms with Gasteiger partial charge in [0, 0.05) is 24.4 Å². The number of rotatable bonds is 4. The molecule has 180 valence electrons. The number of carbonyl (C=O) groups is 1. The van der Waals surface area contributed by atoms with E-state index in [-0.39, 0.29) is 12.4 Å². The number of alkyl halides is 2. The SMILES string of the molecule is C[C@H]1[C@H](Oc2ccc3c(cnn3-c3ccc(F)cc3)c2)c2cc(F)ccc2CN1C(=O)C(C)(F)F. The van der Waals surface area contributed by atoms with Crippen molar-refractivity contribution in [3.63, 3.8) is 0 Å². The summed E-state index contributed by atoms with van der Waals surface area (Å²) in [5, 5.41) is 5.09. The van der Waals surface area contributed by atoms with E-state index in [2.05, 4.69) is 5.10 Å². The molecule has 2 atom stereocenters. The summed E-state index contributed by atoms with van der Waals surface area (Å²) < 4.78 is 63.0. The van der Waals surface area contributed by atoms with E-state index in [1.807, 2.05) is 0 Å². The lowest BCUT2D eigenvalue weighted by Crippen LogP contribution is -2.51. The second-order valence-corrected chi connectivity index (χ2v) is 8.70. The molecule has 4 aromatic rings. The zero-order chi connectivity index (χ0) is 24.9. The van der Waals surface area contributed by atoms with Gasteiger partial charge in [-0.05, 0) is 67.1 Å². The topological polar surface area (TPSA) is 47.4 Å². The highest BCUT2D eigenvalue weighted by Gasteiger charge is 2.44. The van der Waals surface area contributed by atoms with Crippen LogP contribution in [-0.2, 0) is 11.3 Å². The minimum atomic E-state index is -3.55. The fourth-order valence-electron chi connectivity index (χ4n) is 4.42. The van der Waals surface area contributed by atoms with Crippen molar-refractivity contribution < 1.29 is 27.1 Å². The highest BCUT2D eigenvalue weighted by atomic mass is 19.3. The lowest BCUT2D eigenvalue weighted by Gasteiger charge is -2.41. The highest BCUT2D eigenvalue weighted by Crippen LogP contribution is 2.38. The number of carbonyl (C=O) groups excluding carboxylic acids is 1. The molecule has 0 bridgehead atoms. The minimum Gasteiger partial charge on any atom is -0.484 e. The Kier molecular flexibility index (Phi) is 5.50. The van der Waals surface area contributed by atoms with Gasteiger partial charge in [0.2, 0.25) is 0 Å². The van der Waals surface area contributed by atoms with Crippen LogP contribution in [0.4, 0.5) is 17.6 Å². The molecule has 0 aliphatic carbocycles. The average molecular weight is 483 g/mol. The molecule has 3 aromatic carbocycles. The molecule has 0 N–H and O–H groups in total. The van der Waals surface area contributed by atoms with Crippen LogP contribution in [0.25, 0.3) is 16.6 Å². The molecule has 0 fully saturated rings. The molecule has 5 nitrogen and oxygen atoms in total. The number of ether oxygens (including phenoxy) is 1. The van der Waals surface area contributed by atoms with Gasteiger partial charge in [-0.25, -0.2) is 13.5 Å². The molecule has 0 saturated carbocycles. The minimum absolute atomic E-state index is 0.0671. The Morgan fingerprint density at radius 1 is 1.03 bits per heavy atom. The molecular weight excluding hydrogens is 462 g/mol. The van der Waals surface area contributed by atoms with Crippen molar-refractivity contribution in [2.75, 3.05) is 0 Å². The standard InChI is InChI=1S/C26H21F4N3O2/c1-15-24(22-12-19(28)4-3-16(22)14-32(15)25(34)26(2,29)30)35-21-9-10-23-17(11-21)13-31-33(23)20-7-5-18(27)6-8-20/h3-13,15,24H,14H2,1-2H3/t15-,24-/m0/s1. The Hall–Kier alpha value is -3.88. The van der Waals surface area contributed by atoms with Crippen LogP contribution in [0.3, 0.4) is 0 Å². The zero-order valence-electron chi connectivity index (χ0n) is 18.9. The van der Waals surface area contributed by atoms with Crippen LogP contribution >= 0.6 is 0 Å². The second-order valence-electron chi connectivity index (χ2n) is 8.70. The van der Waals surface area contributed by atoms with Gasteiger partial charge in [0.05, 0.1) is 23.4 Å². The smallest absolute Gasteiger partial charge is 0.322 e. The van der Waals surface area contributed by atoms with E-state index in [4.69, 9.17) is 4.74 Å². The van der Waals surface area contributed by atoms with Gasteiger partial charge in [0.15, 0.2) is 0 Å². The van der Waals surface area contributed by atoms with Crippen molar-refractivity contribution in [3.8, 4) is 11.4 Å². The number of aromatic nitrogens is 2. The average Bonchev–Trinajstić information content (AvgIpc) is 3.23. The van der Waals surface area contributed by atoms with Gasteiger partial charge >= 0.3 is 5.92 Å². The second kappa shape index (κ2) is 8.41. The van der Waals surface area contributed by atoms with E-state index in [0.717, 1.165) is 15.8 Å². The van der Waals surface area contributed by atoms with Crippen LogP contribution in [-0.4, -0.2) is 32.6 Å². The summed E-state index contributed by atoms with van der Waals surface area (Å²) in [7, 11) is 0. The Morgan fingerprint density at radius 3 is 2.46 bits per heavy atom. The van der Waals surface area contributed by atoms with E-state index in [1.54, 1.807) is 48.1 Å². The van der Waals surface area contributed by atoms with Crippen molar-refractivity contribution >= 4 is 16.8 Å². The molecule has 1 amide bonds. The number of amides is 1. The van der Waals surface area contributed by atoms with Gasteiger partial charge in [-0.1, -0.05) is 6.07 Å². The van der Waals surface area contributed by atoms with Crippen LogP contribution in [0.5, 0.6) is 5.75 Å². The highest BCUT2D eigenvalue weighted by molar-refractivity contribution is 5.84. The van der Waals surface area contributed by atoms with Crippen molar-refractivity contribution in [1.82, 2.24) is 14.7 Å². The predicted octanol–water partition coefficient (Wildman–Crippen LogP) is 5.81. The largest absolute Gasteiger partial charge is 0.484 e. The lowest BCUT2D eigenvalue weighted by atomic mass is 9.91. The molecule has 5 rings (SSSR count). The van der Waals surface area contributed by atoms with E-state index >= 15 is 0 Å². The maximum atomic E-state index is 14.1. The zero-order valence-corrected chi connectivity index (χ0v) is 18.9. The molecule has 2 heterocycles. The van der Waals surface area contributed by atoms with Crippen LogP contribution in [0.2, 0.25) is 0 Å². The van der Waals surface area contributed by atoms with Gasteiger partial charge in [0.1, 0.15) is 23.5 Å². The third kappa shape index (κ3) is 4.22. The van der Waals surface area contributed by atoms with E-state index in [0.29, 0.717) is 29.5 Å². The number of fused-ring (bicyclic) bond motifs is 2. The summed E-state index contributed by atoms with van der Waals surface area (Å²) in [6, 6.07) is 14.3. The fraction of sp³-hybridized carbons (Fsp3) is 0.231.